The second kappa shape index (κ2) is 9.91. The second-order valence-electron chi connectivity index (χ2n) is 11.3. The van der Waals surface area contributed by atoms with Gasteiger partial charge in [0.1, 0.15) is 48.6 Å². The van der Waals surface area contributed by atoms with Gasteiger partial charge in [-0.05, 0) is 38.2 Å². The van der Waals surface area contributed by atoms with Gasteiger partial charge in [0, 0.05) is 12.0 Å². The van der Waals surface area contributed by atoms with Crippen LogP contribution in [0.1, 0.15) is 29.9 Å². The number of aliphatic hydroxyl groups is 4. The summed E-state index contributed by atoms with van der Waals surface area (Å²) in [5.41, 5.74) is 9.23. The number of nitrogen functional groups attached to an aromatic ring is 1. The molecular formula is C32H29N5O6. The molecule has 43 heavy (non-hydrogen) atoms. The van der Waals surface area contributed by atoms with Crippen molar-refractivity contribution in [1.82, 2.24) is 19.5 Å². The van der Waals surface area contributed by atoms with Gasteiger partial charge in [0.2, 0.25) is 0 Å². The zero-order valence-electron chi connectivity index (χ0n) is 22.9. The Bertz CT molecular complexity index is 1970. The molecule has 0 spiro atoms. The first-order chi connectivity index (χ1) is 20.9. The number of rotatable bonds is 4. The smallest absolute Gasteiger partial charge is 0.167 e. The molecule has 5 aromatic rings. The summed E-state index contributed by atoms with van der Waals surface area (Å²) in [5.74, 6) is 0.258. The number of allylic oxidation sites excluding steroid dienone is 2. The summed E-state index contributed by atoms with van der Waals surface area (Å²) in [7, 11) is 0. The number of hydrogen-bond donors (Lipinski definition) is 5. The highest BCUT2D eigenvalue weighted by atomic mass is 16.6. The Hall–Kier alpha value is -4.23. The van der Waals surface area contributed by atoms with Crippen LogP contribution in [0, 0.1) is 0 Å². The van der Waals surface area contributed by atoms with Crippen LogP contribution in [-0.2, 0) is 9.47 Å². The number of imidazole rings is 1. The van der Waals surface area contributed by atoms with Crippen LogP contribution in [0.25, 0.3) is 38.3 Å². The molecule has 0 bridgehead atoms. The minimum atomic E-state index is -1.33. The molecule has 2 aromatic heterocycles. The fourth-order valence-electron chi connectivity index (χ4n) is 6.77. The number of anilines is 1. The average Bonchev–Trinajstić information content (AvgIpc) is 3.62. The molecular weight excluding hydrogens is 550 g/mol. The van der Waals surface area contributed by atoms with E-state index in [2.05, 4.69) is 15.0 Å². The van der Waals surface area contributed by atoms with Crippen molar-refractivity contribution >= 4 is 44.1 Å². The van der Waals surface area contributed by atoms with Crippen molar-refractivity contribution in [2.24, 2.45) is 0 Å². The average molecular weight is 580 g/mol. The fraction of sp³-hybridized carbons (Fsp3) is 0.281. The quantitative estimate of drug-likeness (QED) is 0.200. The van der Waals surface area contributed by atoms with Gasteiger partial charge in [0.25, 0.3) is 0 Å². The summed E-state index contributed by atoms with van der Waals surface area (Å²) in [4.78, 5) is 12.5. The van der Waals surface area contributed by atoms with E-state index in [0.717, 1.165) is 27.1 Å². The topological polar surface area (TPSA) is 169 Å². The maximum absolute atomic E-state index is 11.4. The zero-order chi connectivity index (χ0) is 29.4. The van der Waals surface area contributed by atoms with E-state index in [1.165, 1.54) is 6.33 Å². The van der Waals surface area contributed by atoms with Crippen molar-refractivity contribution in [3.63, 3.8) is 0 Å². The van der Waals surface area contributed by atoms with E-state index in [-0.39, 0.29) is 18.8 Å². The second-order valence-corrected chi connectivity index (χ2v) is 11.3. The standard InChI is InChI=1S/C32H29N5O6/c33-31-27-32(35-13-34-31)37(14-36-27)24-11-21(38)23(43-24)12-42-22-10-9-20-19-8-7-17-16-4-2-1-3-15(16)5-6-18(17)25(19)29(40)30(41)26(20)28(22)39/h1-10,13-14,21-24,28-30,38-41H,11-12H2,(H2,33,34,35)/t21-,22+,23+,24+,28-,29+,30-/m0/s1. The lowest BCUT2D eigenvalue weighted by Crippen LogP contribution is -2.42. The molecule has 0 unspecified atom stereocenters. The van der Waals surface area contributed by atoms with Gasteiger partial charge >= 0.3 is 0 Å². The fourth-order valence-corrected chi connectivity index (χ4v) is 6.77. The van der Waals surface area contributed by atoms with Crippen LogP contribution in [0.15, 0.2) is 78.9 Å². The molecule has 1 aliphatic heterocycles. The largest absolute Gasteiger partial charge is 0.390 e. The molecule has 3 aliphatic rings. The van der Waals surface area contributed by atoms with E-state index in [9.17, 15) is 20.4 Å². The number of aromatic nitrogens is 4. The van der Waals surface area contributed by atoms with E-state index < -0.39 is 42.9 Å². The molecule has 1 saturated heterocycles. The summed E-state index contributed by atoms with van der Waals surface area (Å²) in [6.07, 6.45) is 0.110. The van der Waals surface area contributed by atoms with Crippen LogP contribution >= 0.6 is 0 Å². The maximum atomic E-state index is 11.4. The highest BCUT2D eigenvalue weighted by molar-refractivity contribution is 6.10. The molecule has 3 aromatic carbocycles. The van der Waals surface area contributed by atoms with Crippen LogP contribution in [0.5, 0.6) is 0 Å². The number of hydrogen-bond acceptors (Lipinski definition) is 10. The predicted molar refractivity (Wildman–Crippen MR) is 158 cm³/mol. The molecule has 8 rings (SSSR count). The Morgan fingerprint density at radius 2 is 1.74 bits per heavy atom. The first-order valence-corrected chi connectivity index (χ1v) is 14.2. The molecule has 3 heterocycles. The summed E-state index contributed by atoms with van der Waals surface area (Å²) in [5, 5.41) is 48.8. The van der Waals surface area contributed by atoms with Crippen molar-refractivity contribution in [2.45, 2.75) is 49.3 Å². The molecule has 11 nitrogen and oxygen atoms in total. The van der Waals surface area contributed by atoms with E-state index in [4.69, 9.17) is 15.2 Å². The van der Waals surface area contributed by atoms with Crippen molar-refractivity contribution in [3.05, 3.63) is 90.0 Å². The molecule has 11 heteroatoms. The third-order valence-electron chi connectivity index (χ3n) is 8.92. The minimum absolute atomic E-state index is 0.0109. The lowest BCUT2D eigenvalue weighted by atomic mass is 9.74. The van der Waals surface area contributed by atoms with Gasteiger partial charge in [-0.2, -0.15) is 0 Å². The molecule has 1 fully saturated rings. The normalized spacial score (nSPS) is 28.6. The molecule has 0 saturated carbocycles. The number of aliphatic hydroxyl groups excluding tert-OH is 4. The minimum Gasteiger partial charge on any atom is -0.390 e. The van der Waals surface area contributed by atoms with Gasteiger partial charge in [-0.3, -0.25) is 4.57 Å². The Kier molecular flexibility index (Phi) is 6.09. The Labute approximate surface area is 245 Å². The first-order valence-electron chi connectivity index (χ1n) is 14.2. The molecule has 0 radical (unpaired) electrons. The van der Waals surface area contributed by atoms with E-state index in [1.54, 1.807) is 17.0 Å². The highest BCUT2D eigenvalue weighted by Gasteiger charge is 2.42. The maximum Gasteiger partial charge on any atom is 0.167 e. The number of ether oxygens (including phenoxy) is 2. The number of benzene rings is 3. The molecule has 218 valence electrons. The first kappa shape index (κ1) is 26.4. The van der Waals surface area contributed by atoms with Crippen LogP contribution in [0.2, 0.25) is 0 Å². The Morgan fingerprint density at radius 1 is 0.907 bits per heavy atom. The van der Waals surface area contributed by atoms with Gasteiger partial charge in [-0.1, -0.05) is 60.7 Å². The molecule has 7 atom stereocenters. The van der Waals surface area contributed by atoms with E-state index in [0.29, 0.717) is 27.9 Å². The third-order valence-corrected chi connectivity index (χ3v) is 8.92. The predicted octanol–water partition coefficient (Wildman–Crippen LogP) is 2.54. The van der Waals surface area contributed by atoms with Crippen LogP contribution in [0.3, 0.4) is 0 Å². The summed E-state index contributed by atoms with van der Waals surface area (Å²) in [6.45, 7) is -0.0109. The number of nitrogens with zero attached hydrogens (tertiary/aromatic N) is 4. The molecule has 0 amide bonds. The summed E-state index contributed by atoms with van der Waals surface area (Å²) >= 11 is 0. The summed E-state index contributed by atoms with van der Waals surface area (Å²) in [6, 6.07) is 16.0. The Morgan fingerprint density at radius 3 is 2.63 bits per heavy atom. The zero-order valence-corrected chi connectivity index (χ0v) is 22.9. The lowest BCUT2D eigenvalue weighted by Gasteiger charge is -2.38. The van der Waals surface area contributed by atoms with Gasteiger partial charge < -0.3 is 35.6 Å². The Balaban J connectivity index is 1.04. The highest BCUT2D eigenvalue weighted by Crippen LogP contribution is 2.46. The number of fused-ring (bicyclic) bond motifs is 7. The van der Waals surface area contributed by atoms with Crippen molar-refractivity contribution < 1.29 is 29.9 Å². The van der Waals surface area contributed by atoms with Crippen molar-refractivity contribution in [2.75, 3.05) is 12.3 Å². The lowest BCUT2D eigenvalue weighted by molar-refractivity contribution is -0.0901. The van der Waals surface area contributed by atoms with E-state index in [1.807, 2.05) is 54.6 Å². The van der Waals surface area contributed by atoms with Gasteiger partial charge in [-0.15, -0.1) is 0 Å². The van der Waals surface area contributed by atoms with Crippen molar-refractivity contribution in [1.29, 1.82) is 0 Å². The SMILES string of the molecule is Nc1ncnc2c1ncn2[C@H]1C[C@H](O)[C@@H](CO[C@@H]2C=CC3=C([C@H]2O)[C@H](O)[C@H](O)c2c3ccc3c2ccc2ccccc23)O1. The van der Waals surface area contributed by atoms with Gasteiger partial charge in [0.05, 0.1) is 19.0 Å². The molecule has 6 N–H and O–H groups in total. The van der Waals surface area contributed by atoms with Crippen LogP contribution in [-0.4, -0.2) is 77.1 Å². The monoisotopic (exact) mass is 579 g/mol. The third kappa shape index (κ3) is 4.01. The molecule has 2 aliphatic carbocycles. The summed E-state index contributed by atoms with van der Waals surface area (Å²) < 4.78 is 13.8. The number of nitrogens with two attached hydrogens (primary N) is 1. The van der Waals surface area contributed by atoms with Crippen LogP contribution < -0.4 is 5.73 Å². The van der Waals surface area contributed by atoms with Gasteiger partial charge in [-0.25, -0.2) is 15.0 Å². The van der Waals surface area contributed by atoms with Crippen LogP contribution in [0.4, 0.5) is 5.82 Å². The van der Waals surface area contributed by atoms with E-state index >= 15 is 0 Å². The van der Waals surface area contributed by atoms with Gasteiger partial charge in [0.15, 0.2) is 11.5 Å². The van der Waals surface area contributed by atoms with Crippen molar-refractivity contribution in [3.8, 4) is 0 Å².